The van der Waals surface area contributed by atoms with Gasteiger partial charge in [-0.15, -0.1) is 0 Å². The minimum Gasteiger partial charge on any atom is -0.484 e. The van der Waals surface area contributed by atoms with Gasteiger partial charge in [0.15, 0.2) is 5.76 Å². The van der Waals surface area contributed by atoms with Crippen molar-refractivity contribution in [2.75, 3.05) is 26.2 Å². The van der Waals surface area contributed by atoms with Gasteiger partial charge in [0.25, 0.3) is 5.91 Å². The largest absolute Gasteiger partial charge is 0.484 e. The Morgan fingerprint density at radius 3 is 2.47 bits per heavy atom. The lowest BCUT2D eigenvalue weighted by Crippen LogP contribution is -2.48. The van der Waals surface area contributed by atoms with E-state index in [1.807, 2.05) is 23.1 Å². The van der Waals surface area contributed by atoms with Gasteiger partial charge in [0.1, 0.15) is 18.1 Å². The lowest BCUT2D eigenvalue weighted by atomic mass is 10.2. The number of furan rings is 1. The number of halogens is 2. The summed E-state index contributed by atoms with van der Waals surface area (Å²) in [4.78, 5) is 17.0. The highest BCUT2D eigenvalue weighted by Gasteiger charge is 2.24. The zero-order valence-electron chi connectivity index (χ0n) is 16.4. The van der Waals surface area contributed by atoms with E-state index in [2.05, 4.69) is 17.0 Å². The van der Waals surface area contributed by atoms with Gasteiger partial charge < -0.3 is 14.1 Å². The van der Waals surface area contributed by atoms with Gasteiger partial charge >= 0.3 is 0 Å². The zero-order valence-corrected chi connectivity index (χ0v) is 17.9. The molecule has 2 heterocycles. The second-order valence-corrected chi connectivity index (χ2v) is 8.03. The van der Waals surface area contributed by atoms with Crippen LogP contribution < -0.4 is 4.74 Å². The van der Waals surface area contributed by atoms with Crippen molar-refractivity contribution in [3.8, 4) is 5.75 Å². The standard InChI is InChI=1S/C23H22Cl2N2O3/c24-18-6-8-21(20(25)14-18)29-16-19-7-9-22(30-19)23(28)27-12-10-26(11-13-27)15-17-4-2-1-3-5-17/h1-9,14H,10-13,15-16H2. The van der Waals surface area contributed by atoms with Crippen molar-refractivity contribution >= 4 is 29.1 Å². The summed E-state index contributed by atoms with van der Waals surface area (Å²) in [5.74, 6) is 1.31. The molecule has 0 N–H and O–H groups in total. The number of ether oxygens (including phenoxy) is 1. The molecule has 0 unspecified atom stereocenters. The molecule has 0 saturated carbocycles. The van der Waals surface area contributed by atoms with Crippen LogP contribution in [-0.4, -0.2) is 41.9 Å². The van der Waals surface area contributed by atoms with Gasteiger partial charge in [0.2, 0.25) is 0 Å². The summed E-state index contributed by atoms with van der Waals surface area (Å²) >= 11 is 12.0. The molecule has 5 nitrogen and oxygen atoms in total. The summed E-state index contributed by atoms with van der Waals surface area (Å²) in [6.07, 6.45) is 0. The van der Waals surface area contributed by atoms with Crippen LogP contribution in [0.15, 0.2) is 65.1 Å². The fraction of sp³-hybridized carbons (Fsp3) is 0.261. The molecule has 0 spiro atoms. The fourth-order valence-electron chi connectivity index (χ4n) is 3.42. The first-order chi connectivity index (χ1) is 14.6. The molecule has 1 aromatic heterocycles. The van der Waals surface area contributed by atoms with Crippen LogP contribution in [-0.2, 0) is 13.2 Å². The first-order valence-corrected chi connectivity index (χ1v) is 10.6. The molecule has 7 heteroatoms. The van der Waals surface area contributed by atoms with Gasteiger partial charge in [-0.3, -0.25) is 9.69 Å². The Labute approximate surface area is 185 Å². The van der Waals surface area contributed by atoms with E-state index < -0.39 is 0 Å². The van der Waals surface area contributed by atoms with Crippen molar-refractivity contribution in [2.45, 2.75) is 13.2 Å². The van der Waals surface area contributed by atoms with Gasteiger partial charge in [0.05, 0.1) is 5.02 Å². The summed E-state index contributed by atoms with van der Waals surface area (Å²) in [6.45, 7) is 4.12. The highest BCUT2D eigenvalue weighted by molar-refractivity contribution is 6.35. The highest BCUT2D eigenvalue weighted by atomic mass is 35.5. The summed E-state index contributed by atoms with van der Waals surface area (Å²) in [7, 11) is 0. The molecular formula is C23H22Cl2N2O3. The quantitative estimate of drug-likeness (QED) is 0.528. The molecule has 3 aromatic rings. The van der Waals surface area contributed by atoms with E-state index in [0.717, 1.165) is 19.6 Å². The monoisotopic (exact) mass is 444 g/mol. The Bertz CT molecular complexity index is 999. The van der Waals surface area contributed by atoms with Gasteiger partial charge in [-0.2, -0.15) is 0 Å². The van der Waals surface area contributed by atoms with Crippen molar-refractivity contribution in [2.24, 2.45) is 0 Å². The average molecular weight is 445 g/mol. The molecule has 1 amide bonds. The van der Waals surface area contributed by atoms with Gasteiger partial charge in [-0.1, -0.05) is 53.5 Å². The summed E-state index contributed by atoms with van der Waals surface area (Å²) in [5.41, 5.74) is 1.29. The number of carbonyl (C=O) groups is 1. The minimum absolute atomic E-state index is 0.0925. The Kier molecular flexibility index (Phi) is 6.62. The van der Waals surface area contributed by atoms with E-state index in [0.29, 0.717) is 40.4 Å². The third-order valence-electron chi connectivity index (χ3n) is 5.04. The third-order valence-corrected chi connectivity index (χ3v) is 5.58. The molecule has 30 heavy (non-hydrogen) atoms. The topological polar surface area (TPSA) is 45.9 Å². The van der Waals surface area contributed by atoms with Crippen LogP contribution in [0.25, 0.3) is 0 Å². The maximum Gasteiger partial charge on any atom is 0.289 e. The SMILES string of the molecule is O=C(c1ccc(COc2ccc(Cl)cc2Cl)o1)N1CCN(Cc2ccccc2)CC1. The number of hydrogen-bond acceptors (Lipinski definition) is 4. The van der Waals surface area contributed by atoms with E-state index in [1.165, 1.54) is 5.56 Å². The predicted octanol–water partition coefficient (Wildman–Crippen LogP) is 5.12. The van der Waals surface area contributed by atoms with E-state index in [-0.39, 0.29) is 12.5 Å². The number of nitrogens with zero attached hydrogens (tertiary/aromatic N) is 2. The van der Waals surface area contributed by atoms with E-state index in [1.54, 1.807) is 30.3 Å². The normalized spacial score (nSPS) is 14.7. The number of carbonyl (C=O) groups excluding carboxylic acids is 1. The lowest BCUT2D eigenvalue weighted by Gasteiger charge is -2.34. The van der Waals surface area contributed by atoms with Gasteiger partial charge in [0, 0.05) is 37.7 Å². The van der Waals surface area contributed by atoms with Crippen molar-refractivity contribution in [3.63, 3.8) is 0 Å². The van der Waals surface area contributed by atoms with E-state index >= 15 is 0 Å². The van der Waals surface area contributed by atoms with E-state index in [4.69, 9.17) is 32.4 Å². The van der Waals surface area contributed by atoms with E-state index in [9.17, 15) is 4.79 Å². The molecule has 1 aliphatic rings. The molecule has 2 aromatic carbocycles. The van der Waals surface area contributed by atoms with Crippen LogP contribution >= 0.6 is 23.2 Å². The Morgan fingerprint density at radius 1 is 0.967 bits per heavy atom. The molecule has 156 valence electrons. The van der Waals surface area contributed by atoms with Crippen LogP contribution in [0, 0.1) is 0 Å². The lowest BCUT2D eigenvalue weighted by molar-refractivity contribution is 0.0594. The Hall–Kier alpha value is -2.47. The van der Waals surface area contributed by atoms with Crippen LogP contribution in [0.2, 0.25) is 10.0 Å². The number of benzene rings is 2. The summed E-state index contributed by atoms with van der Waals surface area (Å²) < 4.78 is 11.4. The van der Waals surface area contributed by atoms with Crippen LogP contribution in [0.1, 0.15) is 21.9 Å². The minimum atomic E-state index is -0.0925. The number of amides is 1. The first kappa shape index (κ1) is 20.8. The summed E-state index contributed by atoms with van der Waals surface area (Å²) in [5, 5.41) is 0.973. The molecule has 1 aliphatic heterocycles. The fourth-order valence-corrected chi connectivity index (χ4v) is 3.88. The molecule has 0 radical (unpaired) electrons. The van der Waals surface area contributed by atoms with Crippen molar-refractivity contribution in [1.29, 1.82) is 0 Å². The second kappa shape index (κ2) is 9.56. The molecule has 4 rings (SSSR count). The number of hydrogen-bond donors (Lipinski definition) is 0. The molecule has 1 fully saturated rings. The molecule has 0 aliphatic carbocycles. The van der Waals surface area contributed by atoms with Crippen LogP contribution in [0.3, 0.4) is 0 Å². The second-order valence-electron chi connectivity index (χ2n) is 7.18. The molecular weight excluding hydrogens is 423 g/mol. The Balaban J connectivity index is 1.29. The molecule has 1 saturated heterocycles. The van der Waals surface area contributed by atoms with Crippen molar-refractivity contribution < 1.29 is 13.9 Å². The van der Waals surface area contributed by atoms with Crippen molar-refractivity contribution in [3.05, 3.63) is 87.8 Å². The average Bonchev–Trinajstić information content (AvgIpc) is 3.23. The number of rotatable bonds is 6. The Morgan fingerprint density at radius 2 is 1.73 bits per heavy atom. The maximum atomic E-state index is 12.8. The van der Waals surface area contributed by atoms with Crippen molar-refractivity contribution in [1.82, 2.24) is 9.80 Å². The zero-order chi connectivity index (χ0) is 20.9. The smallest absolute Gasteiger partial charge is 0.289 e. The third kappa shape index (κ3) is 5.17. The molecule has 0 bridgehead atoms. The summed E-state index contributed by atoms with van der Waals surface area (Å²) in [6, 6.07) is 18.8. The first-order valence-electron chi connectivity index (χ1n) is 9.80. The highest BCUT2D eigenvalue weighted by Crippen LogP contribution is 2.28. The number of piperazine rings is 1. The van der Waals surface area contributed by atoms with Crippen LogP contribution in [0.4, 0.5) is 0 Å². The van der Waals surface area contributed by atoms with Gasteiger partial charge in [-0.05, 0) is 35.9 Å². The maximum absolute atomic E-state index is 12.8. The van der Waals surface area contributed by atoms with Crippen LogP contribution in [0.5, 0.6) is 5.75 Å². The van der Waals surface area contributed by atoms with Gasteiger partial charge in [-0.25, -0.2) is 0 Å². The predicted molar refractivity (Wildman–Crippen MR) is 117 cm³/mol. The molecule has 0 atom stereocenters.